The molecule has 1 aromatic rings. The molecule has 1 aliphatic carbocycles. The molecule has 0 aromatic carbocycles. The van der Waals surface area contributed by atoms with Crippen molar-refractivity contribution in [1.29, 1.82) is 0 Å². The molecule has 1 N–H and O–H groups in total. The summed E-state index contributed by atoms with van der Waals surface area (Å²) in [6.45, 7) is 6.34. The van der Waals surface area contributed by atoms with Gasteiger partial charge in [-0.25, -0.2) is 4.68 Å². The minimum Gasteiger partial charge on any atom is -0.312 e. The molecule has 19 heavy (non-hydrogen) atoms. The van der Waals surface area contributed by atoms with Crippen molar-refractivity contribution in [3.63, 3.8) is 0 Å². The quantitative estimate of drug-likeness (QED) is 0.842. The normalized spacial score (nSPS) is 32.0. The number of Topliss-reactive ketones (excluding diaryl/α,β-unsaturated/α-hetero) is 1. The third-order valence-electron chi connectivity index (χ3n) is 4.45. The molecule has 3 rings (SSSR count). The van der Waals surface area contributed by atoms with Crippen LogP contribution in [0.15, 0.2) is 6.20 Å². The maximum Gasteiger partial charge on any atom is 0.187 e. The molecule has 5 nitrogen and oxygen atoms in total. The highest BCUT2D eigenvalue weighted by Crippen LogP contribution is 2.34. The summed E-state index contributed by atoms with van der Waals surface area (Å²) in [5, 5.41) is 11.4. The molecular formula is C14H22N4O. The Morgan fingerprint density at radius 1 is 1.26 bits per heavy atom. The highest BCUT2D eigenvalue weighted by atomic mass is 16.1. The number of nitrogens with zero attached hydrogens (tertiary/aromatic N) is 3. The lowest BCUT2D eigenvalue weighted by atomic mass is 9.74. The van der Waals surface area contributed by atoms with Crippen LogP contribution in [0.5, 0.6) is 0 Å². The summed E-state index contributed by atoms with van der Waals surface area (Å²) in [6, 6.07) is 0.373. The Hall–Kier alpha value is -1.23. The van der Waals surface area contributed by atoms with Crippen molar-refractivity contribution in [2.24, 2.45) is 17.8 Å². The van der Waals surface area contributed by atoms with E-state index in [1.54, 1.807) is 0 Å². The molecule has 1 aliphatic heterocycles. The first kappa shape index (κ1) is 12.8. The maximum absolute atomic E-state index is 12.5. The van der Waals surface area contributed by atoms with Gasteiger partial charge in [0.05, 0.1) is 12.2 Å². The van der Waals surface area contributed by atoms with Crippen molar-refractivity contribution in [2.45, 2.75) is 39.2 Å². The van der Waals surface area contributed by atoms with Gasteiger partial charge in [-0.05, 0) is 31.1 Å². The first-order valence-electron chi connectivity index (χ1n) is 7.30. The zero-order chi connectivity index (χ0) is 13.4. The van der Waals surface area contributed by atoms with Gasteiger partial charge < -0.3 is 5.32 Å². The highest BCUT2D eigenvalue weighted by molar-refractivity contribution is 5.95. The molecule has 2 aliphatic rings. The van der Waals surface area contributed by atoms with E-state index in [0.717, 1.165) is 25.9 Å². The van der Waals surface area contributed by atoms with Crippen molar-refractivity contribution in [2.75, 3.05) is 13.1 Å². The molecule has 1 saturated carbocycles. The second kappa shape index (κ2) is 5.04. The molecule has 5 heteroatoms. The van der Waals surface area contributed by atoms with E-state index in [2.05, 4.69) is 29.5 Å². The van der Waals surface area contributed by atoms with E-state index >= 15 is 0 Å². The number of rotatable bonds is 3. The van der Waals surface area contributed by atoms with Gasteiger partial charge in [0.1, 0.15) is 5.69 Å². The molecule has 0 amide bonds. The molecule has 2 unspecified atom stereocenters. The number of nitrogens with one attached hydrogen (secondary N) is 1. The summed E-state index contributed by atoms with van der Waals surface area (Å²) in [5.41, 5.74) is 0.554. The summed E-state index contributed by atoms with van der Waals surface area (Å²) in [6.07, 6.45) is 5.07. The predicted molar refractivity (Wildman–Crippen MR) is 71.9 cm³/mol. The van der Waals surface area contributed by atoms with Gasteiger partial charge in [0.25, 0.3) is 0 Å². The van der Waals surface area contributed by atoms with Crippen LogP contribution in [0.2, 0.25) is 0 Å². The molecule has 2 atom stereocenters. The number of hydrogen-bond donors (Lipinski definition) is 1. The van der Waals surface area contributed by atoms with Crippen LogP contribution in [0.1, 0.15) is 49.6 Å². The topological polar surface area (TPSA) is 59.8 Å². The lowest BCUT2D eigenvalue weighted by Gasteiger charge is -2.30. The molecule has 104 valence electrons. The number of ketones is 1. The Balaban J connectivity index is 1.70. The Kier molecular flexibility index (Phi) is 3.39. The standard InChI is InChI=1S/C14H22N4O/c1-9-3-10(2)5-11(4-9)14(19)13-8-18(17-16-13)12-6-15-7-12/h8-12,15H,3-7H2,1-2H3. The van der Waals surface area contributed by atoms with Gasteiger partial charge in [0, 0.05) is 19.0 Å². The minimum atomic E-state index is 0.142. The summed E-state index contributed by atoms with van der Waals surface area (Å²) in [7, 11) is 0. The van der Waals surface area contributed by atoms with Crippen LogP contribution in [0.4, 0.5) is 0 Å². The van der Waals surface area contributed by atoms with Gasteiger partial charge in [0.15, 0.2) is 5.78 Å². The molecular weight excluding hydrogens is 240 g/mol. The van der Waals surface area contributed by atoms with Gasteiger partial charge in [-0.3, -0.25) is 4.79 Å². The highest BCUT2D eigenvalue weighted by Gasteiger charge is 2.31. The van der Waals surface area contributed by atoms with Gasteiger partial charge >= 0.3 is 0 Å². The summed E-state index contributed by atoms with van der Waals surface area (Å²) in [5.74, 6) is 1.62. The van der Waals surface area contributed by atoms with Crippen LogP contribution in [-0.2, 0) is 0 Å². The Labute approximate surface area is 113 Å². The van der Waals surface area contributed by atoms with E-state index in [9.17, 15) is 4.79 Å². The van der Waals surface area contributed by atoms with Crippen LogP contribution >= 0.6 is 0 Å². The molecule has 1 saturated heterocycles. The van der Waals surface area contributed by atoms with Gasteiger partial charge in [0.2, 0.25) is 0 Å². The van der Waals surface area contributed by atoms with E-state index in [1.807, 2.05) is 10.9 Å². The zero-order valence-electron chi connectivity index (χ0n) is 11.7. The smallest absolute Gasteiger partial charge is 0.187 e. The molecule has 2 heterocycles. The number of hydrogen-bond acceptors (Lipinski definition) is 4. The molecule has 0 radical (unpaired) electrons. The predicted octanol–water partition coefficient (Wildman–Crippen LogP) is 1.68. The number of aromatic nitrogens is 3. The van der Waals surface area contributed by atoms with Crippen LogP contribution < -0.4 is 5.32 Å². The van der Waals surface area contributed by atoms with E-state index in [4.69, 9.17) is 0 Å². The first-order valence-corrected chi connectivity index (χ1v) is 7.30. The second-order valence-corrected chi connectivity index (χ2v) is 6.37. The fourth-order valence-electron chi connectivity index (χ4n) is 3.40. The van der Waals surface area contributed by atoms with Crippen LogP contribution in [0.3, 0.4) is 0 Å². The van der Waals surface area contributed by atoms with Crippen molar-refractivity contribution >= 4 is 5.78 Å². The molecule has 0 spiro atoms. The lowest BCUT2D eigenvalue weighted by molar-refractivity contribution is 0.0830. The second-order valence-electron chi connectivity index (χ2n) is 6.37. The Morgan fingerprint density at radius 3 is 2.53 bits per heavy atom. The third-order valence-corrected chi connectivity index (χ3v) is 4.45. The fourth-order valence-corrected chi connectivity index (χ4v) is 3.40. The Morgan fingerprint density at radius 2 is 1.95 bits per heavy atom. The maximum atomic E-state index is 12.5. The number of carbonyl (C=O) groups is 1. The fraction of sp³-hybridized carbons (Fsp3) is 0.786. The van der Waals surface area contributed by atoms with Crippen LogP contribution in [-0.4, -0.2) is 33.9 Å². The van der Waals surface area contributed by atoms with Crippen LogP contribution in [0, 0.1) is 17.8 Å². The Bertz CT molecular complexity index is 456. The van der Waals surface area contributed by atoms with Crippen molar-refractivity contribution in [3.05, 3.63) is 11.9 Å². The van der Waals surface area contributed by atoms with E-state index in [-0.39, 0.29) is 11.7 Å². The van der Waals surface area contributed by atoms with Gasteiger partial charge in [-0.1, -0.05) is 19.1 Å². The van der Waals surface area contributed by atoms with Crippen molar-refractivity contribution < 1.29 is 4.79 Å². The summed E-state index contributed by atoms with van der Waals surface area (Å²) in [4.78, 5) is 12.5. The van der Waals surface area contributed by atoms with Crippen molar-refractivity contribution in [1.82, 2.24) is 20.3 Å². The lowest BCUT2D eigenvalue weighted by Crippen LogP contribution is -2.43. The monoisotopic (exact) mass is 262 g/mol. The van der Waals surface area contributed by atoms with E-state index in [1.165, 1.54) is 6.42 Å². The largest absolute Gasteiger partial charge is 0.312 e. The van der Waals surface area contributed by atoms with Gasteiger partial charge in [-0.2, -0.15) is 0 Å². The molecule has 2 fully saturated rings. The third kappa shape index (κ3) is 2.56. The summed E-state index contributed by atoms with van der Waals surface area (Å²) >= 11 is 0. The van der Waals surface area contributed by atoms with E-state index < -0.39 is 0 Å². The first-order chi connectivity index (χ1) is 9.13. The van der Waals surface area contributed by atoms with Crippen molar-refractivity contribution in [3.8, 4) is 0 Å². The zero-order valence-corrected chi connectivity index (χ0v) is 11.7. The van der Waals surface area contributed by atoms with Crippen LogP contribution in [0.25, 0.3) is 0 Å². The average Bonchev–Trinajstić information content (AvgIpc) is 2.73. The molecule has 0 bridgehead atoms. The SMILES string of the molecule is CC1CC(C)CC(C(=O)c2cn(C3CNC3)nn2)C1. The van der Waals surface area contributed by atoms with E-state index in [0.29, 0.717) is 23.6 Å². The molecule has 1 aromatic heterocycles. The minimum absolute atomic E-state index is 0.142. The number of carbonyl (C=O) groups excluding carboxylic acids is 1. The average molecular weight is 262 g/mol. The summed E-state index contributed by atoms with van der Waals surface area (Å²) < 4.78 is 1.83. The van der Waals surface area contributed by atoms with Gasteiger partial charge in [-0.15, -0.1) is 5.10 Å².